The van der Waals surface area contributed by atoms with Crippen LogP contribution in [-0.2, 0) is 4.79 Å². The van der Waals surface area contributed by atoms with Crippen LogP contribution in [0.15, 0.2) is 36.4 Å². The zero-order valence-corrected chi connectivity index (χ0v) is 14.4. The number of fused-ring (bicyclic) bond motifs is 3. The average molecular weight is 325 g/mol. The van der Waals surface area contributed by atoms with Crippen molar-refractivity contribution >= 4 is 5.91 Å². The molecule has 1 N–H and O–H groups in total. The molecule has 0 radical (unpaired) electrons. The molecule has 0 bridgehead atoms. The molecule has 4 heteroatoms. The van der Waals surface area contributed by atoms with E-state index >= 15 is 0 Å². The van der Waals surface area contributed by atoms with E-state index in [1.165, 1.54) is 22.3 Å². The van der Waals surface area contributed by atoms with Crippen LogP contribution in [0.3, 0.4) is 0 Å². The molecule has 1 amide bonds. The second-order valence-electron chi connectivity index (χ2n) is 6.08. The summed E-state index contributed by atoms with van der Waals surface area (Å²) in [5.41, 5.74) is 5.11. The Hall–Kier alpha value is -2.49. The Morgan fingerprint density at radius 1 is 1.00 bits per heavy atom. The van der Waals surface area contributed by atoms with Gasteiger partial charge < -0.3 is 14.8 Å². The molecule has 4 nitrogen and oxygen atoms in total. The van der Waals surface area contributed by atoms with Crippen molar-refractivity contribution in [3.8, 4) is 22.6 Å². The van der Waals surface area contributed by atoms with E-state index in [1.54, 1.807) is 21.1 Å². The van der Waals surface area contributed by atoms with Gasteiger partial charge in [0.2, 0.25) is 5.91 Å². The first-order chi connectivity index (χ1) is 11.6. The van der Waals surface area contributed by atoms with Gasteiger partial charge in [0.15, 0.2) is 0 Å². The molecule has 0 saturated carbocycles. The Balaban J connectivity index is 1.92. The molecule has 0 unspecified atom stereocenters. The standard InChI is InChI=1S/C20H23NO3/c1-13(22)21-10-4-5-16-19-11-14(23-2)6-8-17(19)18-9-7-15(24-3)12-20(16)18/h6-9,11-12,16H,4-5,10H2,1-3H3,(H,21,22). The van der Waals surface area contributed by atoms with E-state index in [4.69, 9.17) is 9.47 Å². The summed E-state index contributed by atoms with van der Waals surface area (Å²) in [6, 6.07) is 12.5. The maximum absolute atomic E-state index is 11.1. The van der Waals surface area contributed by atoms with Crippen LogP contribution in [0.4, 0.5) is 0 Å². The smallest absolute Gasteiger partial charge is 0.216 e. The Kier molecular flexibility index (Phi) is 4.74. The van der Waals surface area contributed by atoms with E-state index in [9.17, 15) is 4.79 Å². The lowest BCUT2D eigenvalue weighted by atomic mass is 9.92. The highest BCUT2D eigenvalue weighted by molar-refractivity contribution is 5.80. The van der Waals surface area contributed by atoms with Crippen molar-refractivity contribution in [3.63, 3.8) is 0 Å². The number of ether oxygens (including phenoxy) is 2. The van der Waals surface area contributed by atoms with Gasteiger partial charge in [-0.25, -0.2) is 0 Å². The summed E-state index contributed by atoms with van der Waals surface area (Å²) in [4.78, 5) is 11.1. The first-order valence-corrected chi connectivity index (χ1v) is 8.24. The Morgan fingerprint density at radius 3 is 2.00 bits per heavy atom. The van der Waals surface area contributed by atoms with Crippen LogP contribution < -0.4 is 14.8 Å². The first-order valence-electron chi connectivity index (χ1n) is 8.24. The van der Waals surface area contributed by atoms with Crippen molar-refractivity contribution in [1.82, 2.24) is 5.32 Å². The molecule has 0 aliphatic heterocycles. The second-order valence-corrected chi connectivity index (χ2v) is 6.08. The number of carbonyl (C=O) groups excluding carboxylic acids is 1. The second kappa shape index (κ2) is 6.95. The highest BCUT2D eigenvalue weighted by Gasteiger charge is 2.29. The Labute approximate surface area is 142 Å². The zero-order chi connectivity index (χ0) is 17.1. The van der Waals surface area contributed by atoms with Gasteiger partial charge in [0.05, 0.1) is 14.2 Å². The van der Waals surface area contributed by atoms with E-state index in [2.05, 4.69) is 29.6 Å². The van der Waals surface area contributed by atoms with Crippen LogP contribution in [0, 0.1) is 0 Å². The third kappa shape index (κ3) is 3.09. The van der Waals surface area contributed by atoms with Gasteiger partial charge in [-0.15, -0.1) is 0 Å². The van der Waals surface area contributed by atoms with Crippen LogP contribution in [0.25, 0.3) is 11.1 Å². The molecule has 0 fully saturated rings. The predicted molar refractivity (Wildman–Crippen MR) is 94.7 cm³/mol. The minimum atomic E-state index is 0.0190. The van der Waals surface area contributed by atoms with Crippen LogP contribution in [0.5, 0.6) is 11.5 Å². The summed E-state index contributed by atoms with van der Waals surface area (Å²) in [7, 11) is 3.39. The number of hydrogen-bond donors (Lipinski definition) is 1. The maximum atomic E-state index is 11.1. The van der Waals surface area contributed by atoms with Crippen molar-refractivity contribution in [2.45, 2.75) is 25.7 Å². The lowest BCUT2D eigenvalue weighted by Gasteiger charge is -2.15. The summed E-state index contributed by atoms with van der Waals surface area (Å²) in [6.45, 7) is 2.25. The molecule has 1 aliphatic rings. The summed E-state index contributed by atoms with van der Waals surface area (Å²) in [6.07, 6.45) is 1.90. The average Bonchev–Trinajstić information content (AvgIpc) is 2.90. The van der Waals surface area contributed by atoms with Gasteiger partial charge in [0, 0.05) is 19.4 Å². The molecule has 2 aromatic carbocycles. The highest BCUT2D eigenvalue weighted by atomic mass is 16.5. The predicted octanol–water partition coefficient (Wildman–Crippen LogP) is 3.73. The van der Waals surface area contributed by atoms with Gasteiger partial charge in [-0.2, -0.15) is 0 Å². The van der Waals surface area contributed by atoms with E-state index in [0.29, 0.717) is 12.5 Å². The van der Waals surface area contributed by atoms with E-state index in [0.717, 1.165) is 24.3 Å². The van der Waals surface area contributed by atoms with Crippen molar-refractivity contribution in [2.24, 2.45) is 0 Å². The molecular weight excluding hydrogens is 302 g/mol. The Morgan fingerprint density at radius 2 is 1.54 bits per heavy atom. The molecule has 0 atom stereocenters. The van der Waals surface area contributed by atoms with Gasteiger partial charge >= 0.3 is 0 Å². The third-order valence-corrected chi connectivity index (χ3v) is 4.60. The molecule has 0 heterocycles. The molecular formula is C20H23NO3. The van der Waals surface area contributed by atoms with Gasteiger partial charge in [0.25, 0.3) is 0 Å². The van der Waals surface area contributed by atoms with Crippen molar-refractivity contribution in [2.75, 3.05) is 20.8 Å². The molecule has 24 heavy (non-hydrogen) atoms. The summed E-state index contributed by atoms with van der Waals surface area (Å²) >= 11 is 0. The fraction of sp³-hybridized carbons (Fsp3) is 0.350. The lowest BCUT2D eigenvalue weighted by Crippen LogP contribution is -2.21. The lowest BCUT2D eigenvalue weighted by molar-refractivity contribution is -0.118. The fourth-order valence-corrected chi connectivity index (χ4v) is 3.45. The number of hydrogen-bond acceptors (Lipinski definition) is 3. The van der Waals surface area contributed by atoms with Gasteiger partial charge in [-0.1, -0.05) is 12.1 Å². The number of rotatable bonds is 6. The third-order valence-electron chi connectivity index (χ3n) is 4.60. The van der Waals surface area contributed by atoms with Gasteiger partial charge in [-0.3, -0.25) is 4.79 Å². The maximum Gasteiger partial charge on any atom is 0.216 e. The molecule has 1 aliphatic carbocycles. The summed E-state index contributed by atoms with van der Waals surface area (Å²) in [5.74, 6) is 2.07. The van der Waals surface area contributed by atoms with Crippen LogP contribution in [0.2, 0.25) is 0 Å². The number of benzene rings is 2. The quantitative estimate of drug-likeness (QED) is 0.823. The number of amides is 1. The molecule has 3 rings (SSSR count). The van der Waals surface area contributed by atoms with Crippen LogP contribution in [-0.4, -0.2) is 26.7 Å². The fourth-order valence-electron chi connectivity index (χ4n) is 3.45. The minimum Gasteiger partial charge on any atom is -0.497 e. The number of methoxy groups -OCH3 is 2. The van der Waals surface area contributed by atoms with Crippen molar-refractivity contribution in [3.05, 3.63) is 47.5 Å². The van der Waals surface area contributed by atoms with Gasteiger partial charge in [0.1, 0.15) is 11.5 Å². The van der Waals surface area contributed by atoms with E-state index < -0.39 is 0 Å². The highest BCUT2D eigenvalue weighted by Crippen LogP contribution is 2.48. The van der Waals surface area contributed by atoms with E-state index in [1.807, 2.05) is 12.1 Å². The SMILES string of the molecule is COc1ccc2c(c1)C(CCCNC(C)=O)c1cc(OC)ccc1-2. The van der Waals surface area contributed by atoms with E-state index in [-0.39, 0.29) is 5.91 Å². The largest absolute Gasteiger partial charge is 0.497 e. The summed E-state index contributed by atoms with van der Waals surface area (Å²) < 4.78 is 10.8. The topological polar surface area (TPSA) is 47.6 Å². The van der Waals surface area contributed by atoms with Gasteiger partial charge in [-0.05, 0) is 59.4 Å². The zero-order valence-electron chi connectivity index (χ0n) is 14.4. The molecule has 0 saturated heterocycles. The van der Waals surface area contributed by atoms with Crippen molar-refractivity contribution in [1.29, 1.82) is 0 Å². The molecule has 0 spiro atoms. The minimum absolute atomic E-state index is 0.0190. The van der Waals surface area contributed by atoms with Crippen LogP contribution in [0.1, 0.15) is 36.8 Å². The summed E-state index contributed by atoms with van der Waals surface area (Å²) in [5, 5.41) is 2.87. The Bertz CT molecular complexity index is 701. The molecule has 0 aromatic heterocycles. The number of carbonyl (C=O) groups is 1. The van der Waals surface area contributed by atoms with Crippen LogP contribution >= 0.6 is 0 Å². The monoisotopic (exact) mass is 325 g/mol. The normalized spacial score (nSPS) is 12.5. The first kappa shape index (κ1) is 16.4. The molecule has 126 valence electrons. The van der Waals surface area contributed by atoms with Crippen molar-refractivity contribution < 1.29 is 14.3 Å². The number of nitrogens with one attached hydrogen (secondary N) is 1. The molecule has 2 aromatic rings.